The third-order valence-corrected chi connectivity index (χ3v) is 1.57. The van der Waals surface area contributed by atoms with Gasteiger partial charge in [0.05, 0.1) is 0 Å². The molecule has 0 bridgehead atoms. The second-order valence-corrected chi connectivity index (χ2v) is 4.87. The lowest BCUT2D eigenvalue weighted by atomic mass is 10.4. The molecule has 0 aromatic carbocycles. The minimum Gasteiger partial charge on any atom is -0.260 e. The maximum atomic E-state index is 5.33. The lowest BCUT2D eigenvalue weighted by Gasteiger charge is -2.25. The lowest BCUT2D eigenvalue weighted by Crippen LogP contribution is -2.52. The van der Waals surface area contributed by atoms with Crippen LogP contribution in [0.5, 0.6) is 0 Å². The molecule has 0 aliphatic rings. The summed E-state index contributed by atoms with van der Waals surface area (Å²) in [5.74, 6) is 0. The molecule has 0 spiro atoms. The Morgan fingerprint density at radius 2 is 1.64 bits per heavy atom. The van der Waals surface area contributed by atoms with Gasteiger partial charge in [-0.15, -0.1) is 0 Å². The van der Waals surface area contributed by atoms with Crippen LogP contribution in [-0.4, -0.2) is 19.1 Å². The van der Waals surface area contributed by atoms with Gasteiger partial charge in [0.1, 0.15) is 0 Å². The number of nitrogens with one attached hydrogen (secondary N) is 5. The first-order valence-corrected chi connectivity index (χ1v) is 6.13. The van der Waals surface area contributed by atoms with E-state index in [4.69, 9.17) is 15.4 Å². The Balaban J connectivity index is 3.07. The Hall–Kier alpha value is 0.0300. The van der Waals surface area contributed by atoms with Gasteiger partial charge in [-0.3, -0.25) is 15.4 Å². The van der Waals surface area contributed by atoms with Gasteiger partial charge in [0.2, 0.25) is 0 Å². The largest absolute Gasteiger partial charge is 0.260 e. The van der Waals surface area contributed by atoms with Crippen molar-refractivity contribution in [2.75, 3.05) is 13.1 Å². The van der Waals surface area contributed by atoms with Gasteiger partial charge in [-0.25, -0.2) is 16.3 Å². The van der Waals surface area contributed by atoms with Crippen LogP contribution >= 0.6 is 10.8 Å². The molecule has 0 aromatic rings. The quantitative estimate of drug-likeness (QED) is 0.167. The molecule has 14 heavy (non-hydrogen) atoms. The van der Waals surface area contributed by atoms with Crippen molar-refractivity contribution in [3.8, 4) is 0 Å². The van der Waals surface area contributed by atoms with Crippen molar-refractivity contribution in [2.45, 2.75) is 19.9 Å². The predicted molar refractivity (Wildman–Crippen MR) is 60.7 cm³/mol. The van der Waals surface area contributed by atoms with Crippen molar-refractivity contribution in [1.82, 2.24) is 26.6 Å². The van der Waals surface area contributed by atoms with E-state index < -0.39 is 10.8 Å². The van der Waals surface area contributed by atoms with Gasteiger partial charge in [0.25, 0.3) is 0 Å². The van der Waals surface area contributed by atoms with Crippen LogP contribution in [-0.2, 0) is 0 Å². The number of hydrogen-bond donors (Lipinski definition) is 8. The fraction of sp³-hybridized carbons (Fsp3) is 1.00. The SMILES string of the molecule is CC(C)NNNCCNNS(N)(N)N. The standard InChI is InChI=1S/C5H22N8S/c1-5(2)11-12-9-3-4-10-13-14(6,7)8/h5,9-13H,3-4,6-8H2,1-2H3. The third kappa shape index (κ3) is 12.0. The number of hydrogen-bond acceptors (Lipinski definition) is 8. The average Bonchev–Trinajstić information content (AvgIpc) is 2.00. The van der Waals surface area contributed by atoms with Gasteiger partial charge in [0, 0.05) is 19.1 Å². The minimum atomic E-state index is -2.16. The fourth-order valence-corrected chi connectivity index (χ4v) is 0.911. The van der Waals surface area contributed by atoms with Crippen molar-refractivity contribution in [1.29, 1.82) is 0 Å². The minimum absolute atomic E-state index is 0.378. The molecular weight excluding hydrogens is 204 g/mol. The normalized spacial score (nSPS) is 13.6. The van der Waals surface area contributed by atoms with E-state index in [1.165, 1.54) is 0 Å². The number of nitrogens with two attached hydrogens (primary N) is 3. The van der Waals surface area contributed by atoms with Crippen LogP contribution < -0.4 is 42.1 Å². The first-order valence-electron chi connectivity index (χ1n) is 4.31. The van der Waals surface area contributed by atoms with Crippen molar-refractivity contribution in [3.05, 3.63) is 0 Å². The summed E-state index contributed by atoms with van der Waals surface area (Å²) >= 11 is 0. The van der Waals surface area contributed by atoms with E-state index in [0.717, 1.165) is 0 Å². The molecule has 0 fully saturated rings. The molecule has 0 saturated heterocycles. The van der Waals surface area contributed by atoms with Crippen LogP contribution in [0.2, 0.25) is 0 Å². The smallest absolute Gasteiger partial charge is 0.0253 e. The molecule has 8 nitrogen and oxygen atoms in total. The highest BCUT2D eigenvalue weighted by Crippen LogP contribution is 2.06. The molecule has 88 valence electrons. The Morgan fingerprint density at radius 3 is 2.14 bits per heavy atom. The predicted octanol–water partition coefficient (Wildman–Crippen LogP) is -2.57. The van der Waals surface area contributed by atoms with Crippen molar-refractivity contribution >= 4 is 10.8 Å². The lowest BCUT2D eigenvalue weighted by molar-refractivity contribution is 0.393. The molecule has 0 atom stereocenters. The van der Waals surface area contributed by atoms with E-state index in [0.29, 0.717) is 19.1 Å². The zero-order valence-corrected chi connectivity index (χ0v) is 9.45. The highest BCUT2D eigenvalue weighted by Gasteiger charge is 2.00. The van der Waals surface area contributed by atoms with E-state index >= 15 is 0 Å². The van der Waals surface area contributed by atoms with E-state index in [9.17, 15) is 0 Å². The van der Waals surface area contributed by atoms with Gasteiger partial charge >= 0.3 is 0 Å². The highest BCUT2D eigenvalue weighted by atomic mass is 32.3. The Kier molecular flexibility index (Phi) is 7.35. The summed E-state index contributed by atoms with van der Waals surface area (Å²) in [6.07, 6.45) is 0. The van der Waals surface area contributed by atoms with Crippen LogP contribution in [0.3, 0.4) is 0 Å². The Labute approximate surface area is 86.5 Å². The molecule has 0 radical (unpaired) electrons. The first-order chi connectivity index (χ1) is 6.42. The zero-order valence-electron chi connectivity index (χ0n) is 8.63. The van der Waals surface area contributed by atoms with Gasteiger partial charge in [-0.1, -0.05) is 0 Å². The Bertz CT molecular complexity index is 134. The summed E-state index contributed by atoms with van der Waals surface area (Å²) in [5, 5.41) is 16.0. The third-order valence-electron chi connectivity index (χ3n) is 1.07. The second-order valence-electron chi connectivity index (χ2n) is 3.14. The summed E-state index contributed by atoms with van der Waals surface area (Å²) in [6, 6.07) is 0.378. The monoisotopic (exact) mass is 226 g/mol. The van der Waals surface area contributed by atoms with Gasteiger partial charge in [0.15, 0.2) is 0 Å². The summed E-state index contributed by atoms with van der Waals surface area (Å²) in [4.78, 5) is 2.60. The van der Waals surface area contributed by atoms with Crippen LogP contribution in [0, 0.1) is 0 Å². The summed E-state index contributed by atoms with van der Waals surface area (Å²) in [7, 11) is -2.16. The fourth-order valence-electron chi connectivity index (χ4n) is 0.559. The molecule has 0 amide bonds. The topological polar surface area (TPSA) is 138 Å². The summed E-state index contributed by atoms with van der Waals surface area (Å²) < 4.78 is 0. The molecular formula is C5H22N8S. The maximum Gasteiger partial charge on any atom is 0.0253 e. The van der Waals surface area contributed by atoms with E-state index in [1.54, 1.807) is 0 Å². The molecule has 0 unspecified atom stereocenters. The van der Waals surface area contributed by atoms with Crippen LogP contribution in [0.4, 0.5) is 0 Å². The number of hydrazine groups is 3. The van der Waals surface area contributed by atoms with Crippen LogP contribution in [0.25, 0.3) is 0 Å². The average molecular weight is 226 g/mol. The van der Waals surface area contributed by atoms with E-state index in [2.05, 4.69) is 26.6 Å². The second kappa shape index (κ2) is 7.34. The van der Waals surface area contributed by atoms with Gasteiger partial charge in [-0.2, -0.15) is 10.4 Å². The molecule has 0 rings (SSSR count). The maximum absolute atomic E-state index is 5.33. The highest BCUT2D eigenvalue weighted by molar-refractivity contribution is 8.26. The van der Waals surface area contributed by atoms with E-state index in [-0.39, 0.29) is 0 Å². The molecule has 0 saturated carbocycles. The zero-order chi connectivity index (χ0) is 11.0. The molecule has 0 aromatic heterocycles. The van der Waals surface area contributed by atoms with Crippen LogP contribution in [0.15, 0.2) is 0 Å². The van der Waals surface area contributed by atoms with Crippen LogP contribution in [0.1, 0.15) is 13.8 Å². The molecule has 0 aliphatic carbocycles. The van der Waals surface area contributed by atoms with Crippen molar-refractivity contribution in [2.24, 2.45) is 15.4 Å². The molecule has 11 N–H and O–H groups in total. The molecule has 0 heterocycles. The molecule has 0 aliphatic heterocycles. The van der Waals surface area contributed by atoms with Gasteiger partial charge < -0.3 is 0 Å². The van der Waals surface area contributed by atoms with Crippen molar-refractivity contribution in [3.63, 3.8) is 0 Å². The summed E-state index contributed by atoms with van der Waals surface area (Å²) in [5.41, 5.74) is 11.5. The van der Waals surface area contributed by atoms with E-state index in [1.807, 2.05) is 13.8 Å². The van der Waals surface area contributed by atoms with Crippen molar-refractivity contribution < 1.29 is 0 Å². The molecule has 9 heteroatoms. The Morgan fingerprint density at radius 1 is 1.07 bits per heavy atom. The first kappa shape index (κ1) is 14.0. The number of rotatable bonds is 8. The van der Waals surface area contributed by atoms with Gasteiger partial charge in [-0.05, 0) is 24.6 Å². The summed E-state index contributed by atoms with van der Waals surface area (Å²) in [6.45, 7) is 5.41.